The zero-order chi connectivity index (χ0) is 18.9. The molecule has 1 aromatic carbocycles. The van der Waals surface area contributed by atoms with E-state index < -0.39 is 17.5 Å². The molecule has 1 N–H and O–H groups in total. The van der Waals surface area contributed by atoms with Gasteiger partial charge in [-0.25, -0.2) is 14.2 Å². The predicted octanol–water partition coefficient (Wildman–Crippen LogP) is 4.15. The molecule has 0 bridgehead atoms. The average molecular weight is 381 g/mol. The molecule has 0 saturated carbocycles. The van der Waals surface area contributed by atoms with Gasteiger partial charge >= 0.3 is 6.09 Å². The van der Waals surface area contributed by atoms with E-state index in [4.69, 9.17) is 21.1 Å². The summed E-state index contributed by atoms with van der Waals surface area (Å²) in [6.07, 6.45) is 0.502. The Morgan fingerprint density at radius 3 is 2.92 bits per heavy atom. The molecule has 7 nitrogen and oxygen atoms in total. The molecule has 1 amide bonds. The number of carbonyl (C=O) groups excluding carboxylic acids is 1. The second-order valence-corrected chi connectivity index (χ2v) is 6.96. The molecule has 0 radical (unpaired) electrons. The molecule has 0 atom stereocenters. The van der Waals surface area contributed by atoms with Crippen LogP contribution in [-0.4, -0.2) is 34.8 Å². The lowest BCUT2D eigenvalue weighted by Gasteiger charge is -2.31. The largest absolute Gasteiger partial charge is 0.490 e. The maximum atomic E-state index is 13.8. The number of nitrogens with one attached hydrogen (secondary N) is 1. The molecule has 0 unspecified atom stereocenters. The van der Waals surface area contributed by atoms with E-state index in [2.05, 4.69) is 15.3 Å². The molecule has 0 aliphatic carbocycles. The Bertz CT molecular complexity index is 841. The van der Waals surface area contributed by atoms with Crippen molar-refractivity contribution in [1.29, 1.82) is 0 Å². The molecule has 1 aliphatic rings. The van der Waals surface area contributed by atoms with Crippen LogP contribution in [0.5, 0.6) is 5.75 Å². The number of amides is 1. The van der Waals surface area contributed by atoms with Gasteiger partial charge in [0.15, 0.2) is 11.6 Å². The maximum Gasteiger partial charge on any atom is 0.415 e. The predicted molar refractivity (Wildman–Crippen MR) is 95.8 cm³/mol. The van der Waals surface area contributed by atoms with E-state index in [0.717, 1.165) is 6.20 Å². The van der Waals surface area contributed by atoms with Gasteiger partial charge in [0.2, 0.25) is 5.28 Å². The van der Waals surface area contributed by atoms with E-state index in [-0.39, 0.29) is 11.1 Å². The summed E-state index contributed by atoms with van der Waals surface area (Å²) in [5.41, 5.74) is 0.416. The first kappa shape index (κ1) is 18.2. The summed E-state index contributed by atoms with van der Waals surface area (Å²) in [7, 11) is 0. The summed E-state index contributed by atoms with van der Waals surface area (Å²) in [6.45, 7) is 6.10. The number of carbonyl (C=O) groups is 1. The van der Waals surface area contributed by atoms with Gasteiger partial charge in [-0.1, -0.05) is 0 Å². The fourth-order valence-electron chi connectivity index (χ4n) is 2.37. The van der Waals surface area contributed by atoms with Crippen LogP contribution in [0.25, 0.3) is 0 Å². The van der Waals surface area contributed by atoms with Gasteiger partial charge in [0, 0.05) is 5.69 Å². The number of fused-ring (bicyclic) bond motifs is 1. The Labute approximate surface area is 155 Å². The molecule has 0 fully saturated rings. The fraction of sp³-hybridized carbons (Fsp3) is 0.353. The number of hydrogen-bond donors (Lipinski definition) is 1. The van der Waals surface area contributed by atoms with Crippen molar-refractivity contribution in [3.05, 3.63) is 35.5 Å². The summed E-state index contributed by atoms with van der Waals surface area (Å²) in [5, 5.41) is 2.75. The Morgan fingerprint density at radius 2 is 2.19 bits per heavy atom. The van der Waals surface area contributed by atoms with Gasteiger partial charge in [-0.3, -0.25) is 4.90 Å². The number of benzene rings is 1. The highest BCUT2D eigenvalue weighted by atomic mass is 35.5. The smallest absolute Gasteiger partial charge is 0.415 e. The lowest BCUT2D eigenvalue weighted by Crippen LogP contribution is -2.41. The first-order valence-corrected chi connectivity index (χ1v) is 8.33. The number of aromatic nitrogens is 2. The Balaban J connectivity index is 1.89. The first-order valence-electron chi connectivity index (χ1n) is 7.95. The van der Waals surface area contributed by atoms with Crippen LogP contribution in [0.3, 0.4) is 0 Å². The van der Waals surface area contributed by atoms with Crippen LogP contribution in [0.2, 0.25) is 5.28 Å². The molecule has 3 rings (SSSR count). The third-order valence-electron chi connectivity index (χ3n) is 3.41. The van der Waals surface area contributed by atoms with Crippen molar-refractivity contribution in [1.82, 2.24) is 9.97 Å². The molecule has 9 heteroatoms. The summed E-state index contributed by atoms with van der Waals surface area (Å²) in [4.78, 5) is 21.3. The van der Waals surface area contributed by atoms with E-state index in [1.54, 1.807) is 39.0 Å². The normalized spacial score (nSPS) is 13.7. The third kappa shape index (κ3) is 4.13. The summed E-state index contributed by atoms with van der Waals surface area (Å²) in [6, 6.07) is 5.04. The molecule has 1 aromatic heterocycles. The highest BCUT2D eigenvalue weighted by Crippen LogP contribution is 2.36. The first-order chi connectivity index (χ1) is 12.2. The van der Waals surface area contributed by atoms with Gasteiger partial charge in [-0.2, -0.15) is 4.98 Å². The SMILES string of the molecule is CC(C)(C)OC(=O)N1CCOc2ccc(Nc3nc(Cl)ncc3F)cc21. The molecule has 26 heavy (non-hydrogen) atoms. The van der Waals surface area contributed by atoms with Gasteiger partial charge < -0.3 is 14.8 Å². The number of rotatable bonds is 2. The number of nitrogens with zero attached hydrogens (tertiary/aromatic N) is 3. The number of hydrogen-bond acceptors (Lipinski definition) is 6. The third-order valence-corrected chi connectivity index (χ3v) is 3.60. The number of ether oxygens (including phenoxy) is 2. The van der Waals surface area contributed by atoms with Crippen LogP contribution in [-0.2, 0) is 4.74 Å². The van der Waals surface area contributed by atoms with Gasteiger partial charge in [-0.05, 0) is 50.6 Å². The van der Waals surface area contributed by atoms with Crippen molar-refractivity contribution < 1.29 is 18.7 Å². The summed E-state index contributed by atoms with van der Waals surface area (Å²) < 4.78 is 24.9. The Hall–Kier alpha value is -2.61. The van der Waals surface area contributed by atoms with Crippen molar-refractivity contribution in [2.75, 3.05) is 23.4 Å². The second kappa shape index (κ2) is 6.95. The van der Waals surface area contributed by atoms with Gasteiger partial charge in [0.25, 0.3) is 0 Å². The van der Waals surface area contributed by atoms with Crippen molar-refractivity contribution in [3.8, 4) is 5.75 Å². The lowest BCUT2D eigenvalue weighted by molar-refractivity contribution is 0.0568. The highest BCUT2D eigenvalue weighted by Gasteiger charge is 2.28. The van der Waals surface area contributed by atoms with E-state index in [1.807, 2.05) is 0 Å². The van der Waals surface area contributed by atoms with Crippen molar-refractivity contribution in [2.45, 2.75) is 26.4 Å². The quantitative estimate of drug-likeness (QED) is 0.789. The summed E-state index contributed by atoms with van der Waals surface area (Å²) >= 11 is 5.71. The minimum atomic E-state index is -0.646. The molecular formula is C17H18ClFN4O3. The minimum absolute atomic E-state index is 0.0644. The average Bonchev–Trinajstić information content (AvgIpc) is 2.56. The van der Waals surface area contributed by atoms with Crippen LogP contribution in [0.4, 0.5) is 26.4 Å². The zero-order valence-corrected chi connectivity index (χ0v) is 15.3. The van der Waals surface area contributed by atoms with E-state index in [1.165, 1.54) is 4.90 Å². The number of anilines is 3. The van der Waals surface area contributed by atoms with Crippen LogP contribution < -0.4 is 15.0 Å². The van der Waals surface area contributed by atoms with Gasteiger partial charge in [-0.15, -0.1) is 0 Å². The van der Waals surface area contributed by atoms with Crippen LogP contribution >= 0.6 is 11.6 Å². The topological polar surface area (TPSA) is 76.6 Å². The van der Waals surface area contributed by atoms with E-state index >= 15 is 0 Å². The number of halogens is 2. The molecule has 2 heterocycles. The van der Waals surface area contributed by atoms with Crippen LogP contribution in [0, 0.1) is 5.82 Å². The summed E-state index contributed by atoms with van der Waals surface area (Å²) in [5.74, 6) is -0.174. The van der Waals surface area contributed by atoms with Crippen LogP contribution in [0.15, 0.2) is 24.4 Å². The monoisotopic (exact) mass is 380 g/mol. The maximum absolute atomic E-state index is 13.8. The van der Waals surface area contributed by atoms with Gasteiger partial charge in [0.1, 0.15) is 18.0 Å². The Morgan fingerprint density at radius 1 is 1.42 bits per heavy atom. The zero-order valence-electron chi connectivity index (χ0n) is 14.5. The van der Waals surface area contributed by atoms with Crippen molar-refractivity contribution in [3.63, 3.8) is 0 Å². The molecular weight excluding hydrogens is 363 g/mol. The Kier molecular flexibility index (Phi) is 4.86. The lowest BCUT2D eigenvalue weighted by atomic mass is 10.2. The minimum Gasteiger partial charge on any atom is -0.490 e. The molecule has 2 aromatic rings. The second-order valence-electron chi connectivity index (χ2n) is 6.62. The van der Waals surface area contributed by atoms with Crippen molar-refractivity contribution >= 4 is 34.9 Å². The van der Waals surface area contributed by atoms with E-state index in [9.17, 15) is 9.18 Å². The standard InChI is InChI=1S/C17H18ClFN4O3/c1-17(2,3)26-16(24)23-6-7-25-13-5-4-10(8-12(13)23)21-14-11(19)9-20-15(18)22-14/h4-5,8-9H,6-7H2,1-3H3,(H,20,21,22). The van der Waals surface area contributed by atoms with Gasteiger partial charge in [0.05, 0.1) is 18.4 Å². The molecule has 0 spiro atoms. The van der Waals surface area contributed by atoms with E-state index in [0.29, 0.717) is 30.3 Å². The van der Waals surface area contributed by atoms with Crippen LogP contribution in [0.1, 0.15) is 20.8 Å². The molecule has 138 valence electrons. The molecule has 0 saturated heterocycles. The van der Waals surface area contributed by atoms with Crippen molar-refractivity contribution in [2.24, 2.45) is 0 Å². The highest BCUT2D eigenvalue weighted by molar-refractivity contribution is 6.28. The molecule has 1 aliphatic heterocycles. The fourth-order valence-corrected chi connectivity index (χ4v) is 2.51.